The molecule has 166 valence electrons. The maximum absolute atomic E-state index is 13.2. The summed E-state index contributed by atoms with van der Waals surface area (Å²) in [4.78, 5) is 14.6. The Morgan fingerprint density at radius 1 is 0.788 bits per heavy atom. The highest BCUT2D eigenvalue weighted by atomic mass is 32.2. The molecule has 0 spiro atoms. The van der Waals surface area contributed by atoms with Crippen LogP contribution in [-0.2, 0) is 10.0 Å². The summed E-state index contributed by atoms with van der Waals surface area (Å²) < 4.78 is 29.7. The van der Waals surface area contributed by atoms with Crippen molar-refractivity contribution in [3.63, 3.8) is 0 Å². The third-order valence-corrected chi connectivity index (χ3v) is 7.67. The molecule has 2 aromatic heterocycles. The van der Waals surface area contributed by atoms with Gasteiger partial charge in [0.1, 0.15) is 5.82 Å². The molecule has 0 saturated carbocycles. The number of sulfonamides is 1. The van der Waals surface area contributed by atoms with Crippen LogP contribution >= 0.6 is 0 Å². The molecule has 2 heterocycles. The van der Waals surface area contributed by atoms with E-state index in [2.05, 4.69) is 0 Å². The van der Waals surface area contributed by atoms with Gasteiger partial charge in [0.15, 0.2) is 11.3 Å². The van der Waals surface area contributed by atoms with E-state index in [0.29, 0.717) is 35.9 Å². The number of nitrogens with zero attached hydrogens (tertiary/aromatic N) is 5. The Morgan fingerprint density at radius 2 is 1.45 bits per heavy atom. The number of hydrogen-bond acceptors (Lipinski definition) is 5. The summed E-state index contributed by atoms with van der Waals surface area (Å²) in [6, 6.07) is 24.3. The molecule has 0 aliphatic heterocycles. The maximum Gasteiger partial charge on any atom is 0.243 e. The molecule has 8 heteroatoms. The van der Waals surface area contributed by atoms with Gasteiger partial charge in [0.05, 0.1) is 21.6 Å². The Morgan fingerprint density at radius 3 is 2.15 bits per heavy atom. The largest absolute Gasteiger partial charge is 0.275 e. The summed E-state index contributed by atoms with van der Waals surface area (Å²) in [5.74, 6) is 0.651. The molecular weight excluding hydrogens is 434 g/mol. The molecule has 0 aliphatic rings. The second-order valence-electron chi connectivity index (χ2n) is 7.58. The minimum Gasteiger partial charge on any atom is -0.275 e. The van der Waals surface area contributed by atoms with E-state index in [1.54, 1.807) is 18.2 Å². The molecule has 7 nitrogen and oxygen atoms in total. The molecule has 0 unspecified atom stereocenters. The number of imidazole rings is 1. The number of benzene rings is 3. The predicted octanol–water partition coefficient (Wildman–Crippen LogP) is 4.67. The van der Waals surface area contributed by atoms with Crippen LogP contribution in [0.3, 0.4) is 0 Å². The van der Waals surface area contributed by atoms with Crippen molar-refractivity contribution in [3.05, 3.63) is 78.9 Å². The van der Waals surface area contributed by atoms with Gasteiger partial charge in [-0.2, -0.15) is 4.31 Å². The first-order chi connectivity index (χ1) is 16.0. The summed E-state index contributed by atoms with van der Waals surface area (Å²) in [6.07, 6.45) is 0. The first-order valence-corrected chi connectivity index (χ1v) is 12.3. The molecule has 0 amide bonds. The molecule has 0 saturated heterocycles. The summed E-state index contributed by atoms with van der Waals surface area (Å²) in [7, 11) is -3.62. The van der Waals surface area contributed by atoms with Crippen molar-refractivity contribution in [3.8, 4) is 17.1 Å². The first kappa shape index (κ1) is 21.2. The van der Waals surface area contributed by atoms with Crippen molar-refractivity contribution < 1.29 is 8.42 Å². The molecule has 0 radical (unpaired) electrons. The molecule has 0 bridgehead atoms. The van der Waals surface area contributed by atoms with Gasteiger partial charge in [-0.25, -0.2) is 23.4 Å². The smallest absolute Gasteiger partial charge is 0.243 e. The van der Waals surface area contributed by atoms with Crippen LogP contribution in [0.4, 0.5) is 0 Å². The summed E-state index contributed by atoms with van der Waals surface area (Å²) >= 11 is 0. The molecule has 0 fully saturated rings. The fourth-order valence-electron chi connectivity index (χ4n) is 3.98. The molecule has 0 atom stereocenters. The number of fused-ring (bicyclic) bond motifs is 2. The van der Waals surface area contributed by atoms with Crippen molar-refractivity contribution in [2.45, 2.75) is 18.7 Å². The highest BCUT2D eigenvalue weighted by Crippen LogP contribution is 2.29. The predicted molar refractivity (Wildman–Crippen MR) is 130 cm³/mol. The number of hydrogen-bond donors (Lipinski definition) is 0. The van der Waals surface area contributed by atoms with E-state index in [9.17, 15) is 8.42 Å². The molecule has 33 heavy (non-hydrogen) atoms. The van der Waals surface area contributed by atoms with Gasteiger partial charge >= 0.3 is 0 Å². The van der Waals surface area contributed by atoms with Crippen LogP contribution in [0.15, 0.2) is 83.8 Å². The van der Waals surface area contributed by atoms with E-state index < -0.39 is 10.0 Å². The van der Waals surface area contributed by atoms with E-state index in [-0.39, 0.29) is 4.90 Å². The lowest BCUT2D eigenvalue weighted by Gasteiger charge is -2.19. The number of aromatic nitrogens is 4. The monoisotopic (exact) mass is 457 g/mol. The van der Waals surface area contributed by atoms with Crippen LogP contribution in [0.1, 0.15) is 13.8 Å². The number of rotatable bonds is 6. The Labute approximate surface area is 192 Å². The summed E-state index contributed by atoms with van der Waals surface area (Å²) in [5.41, 5.74) is 4.13. The van der Waals surface area contributed by atoms with Gasteiger partial charge in [-0.15, -0.1) is 0 Å². The molecule has 3 aromatic carbocycles. The lowest BCUT2D eigenvalue weighted by Crippen LogP contribution is -2.30. The average Bonchev–Trinajstić information content (AvgIpc) is 3.22. The van der Waals surface area contributed by atoms with Crippen molar-refractivity contribution >= 4 is 32.4 Å². The minimum atomic E-state index is -3.62. The maximum atomic E-state index is 13.2. The lowest BCUT2D eigenvalue weighted by molar-refractivity contribution is 0.445. The van der Waals surface area contributed by atoms with Crippen molar-refractivity contribution in [2.75, 3.05) is 13.1 Å². The third-order valence-electron chi connectivity index (χ3n) is 5.62. The van der Waals surface area contributed by atoms with Gasteiger partial charge in [0, 0.05) is 18.7 Å². The van der Waals surface area contributed by atoms with Gasteiger partial charge in [0.2, 0.25) is 10.0 Å². The van der Waals surface area contributed by atoms with Crippen LogP contribution < -0.4 is 0 Å². The lowest BCUT2D eigenvalue weighted by atomic mass is 10.2. The van der Waals surface area contributed by atoms with Gasteiger partial charge < -0.3 is 0 Å². The van der Waals surface area contributed by atoms with Crippen LogP contribution in [0.2, 0.25) is 0 Å². The zero-order valence-electron chi connectivity index (χ0n) is 18.4. The Hall–Kier alpha value is -3.62. The zero-order valence-corrected chi connectivity index (χ0v) is 19.2. The fraction of sp³-hybridized carbons (Fsp3) is 0.160. The molecule has 0 aliphatic carbocycles. The normalized spacial score (nSPS) is 12.1. The number of para-hydroxylation sites is 2. The topological polar surface area (TPSA) is 81.0 Å². The average molecular weight is 458 g/mol. The van der Waals surface area contributed by atoms with E-state index in [0.717, 1.165) is 16.6 Å². The standard InChI is InChI=1S/C25H23N5O2S/c1-3-29(4-2)33(31,32)20-14-10-13-19(17-20)30-24(18-11-6-5-7-12-18)28-23-25(30)27-22-16-9-8-15-21(22)26-23/h5-17H,3-4H2,1-2H3. The van der Waals surface area contributed by atoms with Gasteiger partial charge in [-0.1, -0.05) is 62.4 Å². The Balaban J connectivity index is 1.79. The van der Waals surface area contributed by atoms with Crippen LogP contribution in [0.25, 0.3) is 39.4 Å². The quantitative estimate of drug-likeness (QED) is 0.370. The highest BCUT2D eigenvalue weighted by molar-refractivity contribution is 7.89. The van der Waals surface area contributed by atoms with E-state index in [1.807, 2.05) is 79.1 Å². The second-order valence-corrected chi connectivity index (χ2v) is 9.52. The minimum absolute atomic E-state index is 0.235. The first-order valence-electron chi connectivity index (χ1n) is 10.8. The van der Waals surface area contributed by atoms with Crippen LogP contribution in [0.5, 0.6) is 0 Å². The Bertz CT molecular complexity index is 1560. The van der Waals surface area contributed by atoms with Crippen LogP contribution in [0, 0.1) is 0 Å². The fourth-order valence-corrected chi connectivity index (χ4v) is 5.48. The highest BCUT2D eigenvalue weighted by Gasteiger charge is 2.23. The molecule has 5 rings (SSSR count). The van der Waals surface area contributed by atoms with Crippen molar-refractivity contribution in [1.29, 1.82) is 0 Å². The molecule has 5 aromatic rings. The Kier molecular flexibility index (Phi) is 5.39. The summed E-state index contributed by atoms with van der Waals surface area (Å²) in [5, 5.41) is 0. The van der Waals surface area contributed by atoms with Crippen molar-refractivity contribution in [1.82, 2.24) is 23.8 Å². The van der Waals surface area contributed by atoms with Crippen LogP contribution in [-0.4, -0.2) is 45.3 Å². The zero-order chi connectivity index (χ0) is 23.0. The van der Waals surface area contributed by atoms with E-state index in [1.165, 1.54) is 4.31 Å². The molecular formula is C25H23N5O2S. The molecule has 0 N–H and O–H groups in total. The van der Waals surface area contributed by atoms with E-state index >= 15 is 0 Å². The second kappa shape index (κ2) is 8.38. The van der Waals surface area contributed by atoms with E-state index in [4.69, 9.17) is 15.0 Å². The van der Waals surface area contributed by atoms with Gasteiger partial charge in [-0.05, 0) is 30.3 Å². The summed E-state index contributed by atoms with van der Waals surface area (Å²) in [6.45, 7) is 4.48. The third kappa shape index (κ3) is 3.67. The SMILES string of the molecule is CCN(CC)S(=O)(=O)c1cccc(-n2c(-c3ccccc3)nc3nc4ccccc4nc32)c1. The van der Waals surface area contributed by atoms with Gasteiger partial charge in [0.25, 0.3) is 0 Å². The van der Waals surface area contributed by atoms with Gasteiger partial charge in [-0.3, -0.25) is 4.57 Å². The van der Waals surface area contributed by atoms with Crippen molar-refractivity contribution in [2.24, 2.45) is 0 Å².